The maximum atomic E-state index is 12.0. The average Bonchev–Trinajstić information content (AvgIpc) is 2.85. The number of nitrogens with zero attached hydrogens (tertiary/aromatic N) is 1. The largest absolute Gasteiger partial charge is 0.462 e. The minimum absolute atomic E-state index is 0.300. The highest BCUT2D eigenvalue weighted by molar-refractivity contribution is 7.97. The lowest BCUT2D eigenvalue weighted by Gasteiger charge is -2.07. The first-order chi connectivity index (χ1) is 11.1. The van der Waals surface area contributed by atoms with Crippen LogP contribution in [0.3, 0.4) is 0 Å². The lowest BCUT2D eigenvalue weighted by Crippen LogP contribution is -2.05. The van der Waals surface area contributed by atoms with Crippen LogP contribution in [0.1, 0.15) is 38.8 Å². The fourth-order valence-electron chi connectivity index (χ4n) is 2.14. The molecule has 0 aliphatic carbocycles. The Hall–Kier alpha value is -1.97. The van der Waals surface area contributed by atoms with E-state index >= 15 is 0 Å². The maximum absolute atomic E-state index is 12.0. The number of rotatable bonds is 6. The summed E-state index contributed by atoms with van der Waals surface area (Å²) in [6, 6.07) is 10.3. The van der Waals surface area contributed by atoms with Gasteiger partial charge in [-0.1, -0.05) is 24.3 Å². The number of benzene rings is 1. The molecular formula is C17H18N2O2S2. The summed E-state index contributed by atoms with van der Waals surface area (Å²) in [6.45, 7) is 4.13. The van der Waals surface area contributed by atoms with E-state index in [1.165, 1.54) is 11.1 Å². The number of thiophene rings is 1. The van der Waals surface area contributed by atoms with Crippen LogP contribution < -0.4 is 5.73 Å². The number of aryl methyl sites for hydroxylation is 1. The monoisotopic (exact) mass is 346 g/mol. The fourth-order valence-corrected chi connectivity index (χ4v) is 4.30. The Morgan fingerprint density at radius 2 is 2.13 bits per heavy atom. The van der Waals surface area contributed by atoms with Crippen LogP contribution in [0.5, 0.6) is 0 Å². The van der Waals surface area contributed by atoms with Crippen molar-refractivity contribution in [2.75, 3.05) is 12.3 Å². The molecule has 0 bridgehead atoms. The van der Waals surface area contributed by atoms with Gasteiger partial charge < -0.3 is 10.5 Å². The minimum atomic E-state index is -0.405. The van der Waals surface area contributed by atoms with Crippen LogP contribution in [-0.4, -0.2) is 12.6 Å². The lowest BCUT2D eigenvalue weighted by molar-refractivity contribution is 0.0531. The van der Waals surface area contributed by atoms with Crippen LogP contribution in [0.25, 0.3) is 0 Å². The molecule has 4 nitrogen and oxygen atoms in total. The van der Waals surface area contributed by atoms with E-state index < -0.39 is 5.97 Å². The van der Waals surface area contributed by atoms with Gasteiger partial charge in [-0.2, -0.15) is 17.0 Å². The Labute approximate surface area is 144 Å². The van der Waals surface area contributed by atoms with Gasteiger partial charge in [0.25, 0.3) is 0 Å². The average molecular weight is 346 g/mol. The number of nitrogens with two attached hydrogens (primary N) is 1. The van der Waals surface area contributed by atoms with Crippen molar-refractivity contribution in [1.29, 1.82) is 5.26 Å². The SMILES string of the molecule is CCOC(=O)c1sc(N)c(C#N)c1CSCc1ccccc1C. The number of hydrogen-bond acceptors (Lipinski definition) is 6. The zero-order chi connectivity index (χ0) is 16.8. The molecule has 23 heavy (non-hydrogen) atoms. The molecule has 0 fully saturated rings. The summed E-state index contributed by atoms with van der Waals surface area (Å²) < 4.78 is 5.06. The van der Waals surface area contributed by atoms with E-state index in [2.05, 4.69) is 25.1 Å². The van der Waals surface area contributed by atoms with Gasteiger partial charge in [-0.15, -0.1) is 11.3 Å². The van der Waals surface area contributed by atoms with Gasteiger partial charge in [0.2, 0.25) is 0 Å². The van der Waals surface area contributed by atoms with Crippen LogP contribution in [0.15, 0.2) is 24.3 Å². The van der Waals surface area contributed by atoms with Crippen molar-refractivity contribution in [1.82, 2.24) is 0 Å². The van der Waals surface area contributed by atoms with Gasteiger partial charge >= 0.3 is 5.97 Å². The molecule has 0 aliphatic rings. The third kappa shape index (κ3) is 4.06. The van der Waals surface area contributed by atoms with Gasteiger partial charge in [-0.05, 0) is 25.0 Å². The van der Waals surface area contributed by atoms with Crippen LogP contribution in [0.4, 0.5) is 5.00 Å². The number of esters is 1. The predicted molar refractivity (Wildman–Crippen MR) is 95.6 cm³/mol. The highest BCUT2D eigenvalue weighted by Crippen LogP contribution is 2.34. The summed E-state index contributed by atoms with van der Waals surface area (Å²) >= 11 is 2.79. The van der Waals surface area contributed by atoms with Crippen molar-refractivity contribution in [3.8, 4) is 6.07 Å². The normalized spacial score (nSPS) is 10.3. The van der Waals surface area contributed by atoms with Gasteiger partial charge in [0, 0.05) is 17.1 Å². The molecule has 0 atom stereocenters. The van der Waals surface area contributed by atoms with Crippen molar-refractivity contribution in [2.24, 2.45) is 0 Å². The van der Waals surface area contributed by atoms with Crippen molar-refractivity contribution < 1.29 is 9.53 Å². The Morgan fingerprint density at radius 1 is 1.39 bits per heavy atom. The number of ether oxygens (including phenoxy) is 1. The summed E-state index contributed by atoms with van der Waals surface area (Å²) in [5.41, 5.74) is 9.44. The van der Waals surface area contributed by atoms with Gasteiger partial charge in [0.1, 0.15) is 15.9 Å². The maximum Gasteiger partial charge on any atom is 0.348 e. The molecule has 0 unspecified atom stereocenters. The second kappa shape index (κ2) is 8.04. The molecule has 2 N–H and O–H groups in total. The van der Waals surface area contributed by atoms with E-state index in [4.69, 9.17) is 10.5 Å². The predicted octanol–water partition coefficient (Wildman–Crippen LogP) is 4.12. The molecule has 0 saturated carbocycles. The summed E-state index contributed by atoms with van der Waals surface area (Å²) in [5, 5.41) is 9.68. The summed E-state index contributed by atoms with van der Waals surface area (Å²) in [7, 11) is 0. The fraction of sp³-hybridized carbons (Fsp3) is 0.294. The Balaban J connectivity index is 2.17. The standard InChI is InChI=1S/C17H18N2O2S2/c1-3-21-17(20)15-14(13(8-18)16(19)23-15)10-22-9-12-7-5-4-6-11(12)2/h4-7H,3,9-10,19H2,1-2H3. The first kappa shape index (κ1) is 17.4. The number of carbonyl (C=O) groups is 1. The first-order valence-corrected chi connectivity index (χ1v) is 9.16. The minimum Gasteiger partial charge on any atom is -0.462 e. The molecule has 0 aliphatic heterocycles. The van der Waals surface area contributed by atoms with Gasteiger partial charge in [0.05, 0.1) is 12.2 Å². The van der Waals surface area contributed by atoms with Crippen molar-refractivity contribution >= 4 is 34.1 Å². The number of nitriles is 1. The van der Waals surface area contributed by atoms with Gasteiger partial charge in [-0.25, -0.2) is 4.79 Å². The quantitative estimate of drug-likeness (QED) is 0.796. The topological polar surface area (TPSA) is 76.1 Å². The van der Waals surface area contributed by atoms with Crippen LogP contribution in [0.2, 0.25) is 0 Å². The molecule has 0 radical (unpaired) electrons. The Morgan fingerprint density at radius 3 is 2.78 bits per heavy atom. The summed E-state index contributed by atoms with van der Waals surface area (Å²) in [4.78, 5) is 12.5. The zero-order valence-electron chi connectivity index (χ0n) is 13.1. The number of hydrogen-bond donors (Lipinski definition) is 1. The Kier molecular flexibility index (Phi) is 6.08. The second-order valence-electron chi connectivity index (χ2n) is 4.90. The molecule has 0 amide bonds. The lowest BCUT2D eigenvalue weighted by atomic mass is 10.1. The molecule has 0 spiro atoms. The summed E-state index contributed by atoms with van der Waals surface area (Å²) in [5.74, 6) is 0.964. The van der Waals surface area contributed by atoms with E-state index in [1.807, 2.05) is 12.1 Å². The van der Waals surface area contributed by atoms with Crippen LogP contribution in [0, 0.1) is 18.3 Å². The molecule has 1 aromatic heterocycles. The number of nitrogen functional groups attached to an aromatic ring is 1. The molecule has 2 rings (SSSR count). The second-order valence-corrected chi connectivity index (χ2v) is 6.94. The zero-order valence-corrected chi connectivity index (χ0v) is 14.7. The first-order valence-electron chi connectivity index (χ1n) is 7.19. The highest BCUT2D eigenvalue weighted by Gasteiger charge is 2.22. The van der Waals surface area contributed by atoms with Crippen molar-refractivity contribution in [3.63, 3.8) is 0 Å². The van der Waals surface area contributed by atoms with E-state index in [0.29, 0.717) is 33.4 Å². The molecule has 1 heterocycles. The smallest absolute Gasteiger partial charge is 0.348 e. The van der Waals surface area contributed by atoms with E-state index in [9.17, 15) is 10.1 Å². The molecule has 0 saturated heterocycles. The van der Waals surface area contributed by atoms with Crippen LogP contribution >= 0.6 is 23.1 Å². The molecule has 6 heteroatoms. The third-order valence-corrected chi connectivity index (χ3v) is 5.42. The van der Waals surface area contributed by atoms with Gasteiger partial charge in [-0.3, -0.25) is 0 Å². The van der Waals surface area contributed by atoms with E-state index in [-0.39, 0.29) is 0 Å². The molecular weight excluding hydrogens is 328 g/mol. The van der Waals surface area contributed by atoms with Crippen molar-refractivity contribution in [3.05, 3.63) is 51.4 Å². The Bertz CT molecular complexity index is 748. The van der Waals surface area contributed by atoms with E-state index in [0.717, 1.165) is 17.1 Å². The van der Waals surface area contributed by atoms with Gasteiger partial charge in [0.15, 0.2) is 0 Å². The molecule has 120 valence electrons. The third-order valence-electron chi connectivity index (χ3n) is 3.37. The molecule has 2 aromatic rings. The number of anilines is 1. The molecule has 1 aromatic carbocycles. The number of carbonyl (C=O) groups excluding carboxylic acids is 1. The van der Waals surface area contributed by atoms with Crippen LogP contribution in [-0.2, 0) is 16.2 Å². The highest BCUT2D eigenvalue weighted by atomic mass is 32.2. The summed E-state index contributed by atoms with van der Waals surface area (Å²) in [6.07, 6.45) is 0. The van der Waals surface area contributed by atoms with Crippen molar-refractivity contribution in [2.45, 2.75) is 25.4 Å². The van der Waals surface area contributed by atoms with E-state index in [1.54, 1.807) is 18.7 Å². The number of thioether (sulfide) groups is 1.